The van der Waals surface area contributed by atoms with E-state index < -0.39 is 0 Å². The molecule has 0 aromatic carbocycles. The number of morpholine rings is 1. The van der Waals surface area contributed by atoms with Crippen molar-refractivity contribution in [1.82, 2.24) is 14.9 Å². The average Bonchev–Trinajstić information content (AvgIpc) is 3.12. The zero-order valence-corrected chi connectivity index (χ0v) is 20.3. The van der Waals surface area contributed by atoms with Gasteiger partial charge in [0.15, 0.2) is 0 Å². The summed E-state index contributed by atoms with van der Waals surface area (Å²) in [5.41, 5.74) is 1.76. The van der Waals surface area contributed by atoms with Gasteiger partial charge in [0, 0.05) is 31.9 Å². The molecule has 8 nitrogen and oxygen atoms in total. The second-order valence-electron chi connectivity index (χ2n) is 9.89. The lowest BCUT2D eigenvalue weighted by Crippen LogP contribution is -2.48. The third-order valence-corrected chi connectivity index (χ3v) is 7.14. The number of hydrogen-bond donors (Lipinski definition) is 0. The first-order valence-corrected chi connectivity index (χ1v) is 12.5. The normalized spacial score (nSPS) is 20.4. The van der Waals surface area contributed by atoms with Gasteiger partial charge in [0.1, 0.15) is 5.82 Å². The second-order valence-corrected chi connectivity index (χ2v) is 9.89. The molecule has 1 aliphatic carbocycles. The number of ether oxygens (including phenoxy) is 2. The number of rotatable bonds is 6. The van der Waals surface area contributed by atoms with E-state index in [9.17, 15) is 4.79 Å². The third kappa shape index (κ3) is 4.69. The monoisotopic (exact) mass is 465 g/mol. The number of carbonyl (C=O) groups excluding carboxylic acids is 1. The summed E-state index contributed by atoms with van der Waals surface area (Å²) in [6.07, 6.45) is 9.40. The maximum absolute atomic E-state index is 13.7. The molecule has 1 spiro atoms. The van der Waals surface area contributed by atoms with E-state index in [1.54, 1.807) is 0 Å². The number of nitrogens with zero attached hydrogens (tertiary/aromatic N) is 5. The summed E-state index contributed by atoms with van der Waals surface area (Å²) in [5, 5.41) is 0. The summed E-state index contributed by atoms with van der Waals surface area (Å²) in [5.74, 6) is 1.56. The number of aromatic nitrogens is 2. The van der Waals surface area contributed by atoms with Crippen molar-refractivity contribution in [2.45, 2.75) is 64.1 Å². The van der Waals surface area contributed by atoms with Crippen LogP contribution in [0, 0.1) is 0 Å². The van der Waals surface area contributed by atoms with E-state index in [0.29, 0.717) is 19.0 Å². The first-order valence-electron chi connectivity index (χ1n) is 12.5. The highest BCUT2D eigenvalue weighted by atomic mass is 16.5. The van der Waals surface area contributed by atoms with Crippen LogP contribution < -0.4 is 14.5 Å². The Balaban J connectivity index is 1.35. The Morgan fingerprint density at radius 2 is 1.82 bits per heavy atom. The molecule has 2 aromatic rings. The van der Waals surface area contributed by atoms with Gasteiger partial charge in [-0.05, 0) is 44.4 Å². The van der Waals surface area contributed by atoms with Gasteiger partial charge < -0.3 is 19.3 Å². The molecule has 0 unspecified atom stereocenters. The lowest BCUT2D eigenvalue weighted by molar-refractivity contribution is 0.113. The molecule has 2 saturated heterocycles. The van der Waals surface area contributed by atoms with Crippen LogP contribution in [0.5, 0.6) is 5.88 Å². The van der Waals surface area contributed by atoms with Crippen molar-refractivity contribution in [3.63, 3.8) is 0 Å². The predicted molar refractivity (Wildman–Crippen MR) is 131 cm³/mol. The number of amides is 2. The second kappa shape index (κ2) is 9.78. The lowest BCUT2D eigenvalue weighted by Gasteiger charge is -2.40. The minimum absolute atomic E-state index is 0.0605. The summed E-state index contributed by atoms with van der Waals surface area (Å²) >= 11 is 0. The summed E-state index contributed by atoms with van der Waals surface area (Å²) in [6.45, 7) is 8.40. The van der Waals surface area contributed by atoms with Crippen molar-refractivity contribution >= 4 is 17.5 Å². The van der Waals surface area contributed by atoms with E-state index in [1.807, 2.05) is 55.4 Å². The molecule has 0 radical (unpaired) electrons. The summed E-state index contributed by atoms with van der Waals surface area (Å²) in [4.78, 5) is 29.1. The molecule has 34 heavy (non-hydrogen) atoms. The SMILES string of the molecule is CC(C)Oc1ccc(CN2C(=O)N(c3ccc(N4CCOCC4)nc3)CC23CCCCC3)cn1. The van der Waals surface area contributed by atoms with Crippen LogP contribution in [0.15, 0.2) is 36.7 Å². The Hall–Kier alpha value is -2.87. The molecular formula is C26H35N5O3. The van der Waals surface area contributed by atoms with E-state index in [4.69, 9.17) is 14.5 Å². The number of urea groups is 1. The molecule has 3 aliphatic rings. The van der Waals surface area contributed by atoms with Crippen molar-refractivity contribution in [3.8, 4) is 5.88 Å². The van der Waals surface area contributed by atoms with Gasteiger partial charge in [0.25, 0.3) is 0 Å². The van der Waals surface area contributed by atoms with E-state index >= 15 is 0 Å². The Bertz CT molecular complexity index is 967. The van der Waals surface area contributed by atoms with Gasteiger partial charge in [-0.3, -0.25) is 4.90 Å². The van der Waals surface area contributed by atoms with Crippen molar-refractivity contribution in [2.24, 2.45) is 0 Å². The van der Waals surface area contributed by atoms with Crippen LogP contribution in [0.3, 0.4) is 0 Å². The highest BCUT2D eigenvalue weighted by Gasteiger charge is 2.50. The smallest absolute Gasteiger partial charge is 0.325 e. The molecule has 2 aliphatic heterocycles. The van der Waals surface area contributed by atoms with Crippen LogP contribution in [0.1, 0.15) is 51.5 Å². The third-order valence-electron chi connectivity index (χ3n) is 7.14. The van der Waals surface area contributed by atoms with Gasteiger partial charge in [-0.15, -0.1) is 0 Å². The first kappa shape index (κ1) is 22.9. The fourth-order valence-electron chi connectivity index (χ4n) is 5.39. The molecule has 8 heteroatoms. The Kier molecular flexibility index (Phi) is 6.59. The molecule has 182 valence electrons. The van der Waals surface area contributed by atoms with E-state index in [-0.39, 0.29) is 17.7 Å². The molecule has 4 heterocycles. The molecule has 2 amide bonds. The molecule has 3 fully saturated rings. The Morgan fingerprint density at radius 3 is 2.47 bits per heavy atom. The highest BCUT2D eigenvalue weighted by molar-refractivity contribution is 5.95. The van der Waals surface area contributed by atoms with Crippen LogP contribution in [-0.4, -0.2) is 65.4 Å². The van der Waals surface area contributed by atoms with Gasteiger partial charge in [-0.1, -0.05) is 25.3 Å². The maximum atomic E-state index is 13.7. The summed E-state index contributed by atoms with van der Waals surface area (Å²) in [6, 6.07) is 8.05. The van der Waals surface area contributed by atoms with E-state index in [2.05, 4.69) is 14.8 Å². The van der Waals surface area contributed by atoms with Crippen LogP contribution in [0.25, 0.3) is 0 Å². The number of pyridine rings is 2. The zero-order valence-electron chi connectivity index (χ0n) is 20.3. The van der Waals surface area contributed by atoms with Crippen LogP contribution in [-0.2, 0) is 11.3 Å². The fourth-order valence-corrected chi connectivity index (χ4v) is 5.39. The number of anilines is 2. The first-order chi connectivity index (χ1) is 16.5. The molecule has 0 bridgehead atoms. The van der Waals surface area contributed by atoms with Gasteiger partial charge in [0.05, 0.1) is 43.3 Å². The minimum atomic E-state index is -0.134. The predicted octanol–water partition coefficient (Wildman–Crippen LogP) is 4.25. The summed E-state index contributed by atoms with van der Waals surface area (Å²) in [7, 11) is 0. The lowest BCUT2D eigenvalue weighted by atomic mass is 9.81. The topological polar surface area (TPSA) is 71.0 Å². The van der Waals surface area contributed by atoms with Crippen molar-refractivity contribution < 1.29 is 14.3 Å². The fraction of sp³-hybridized carbons (Fsp3) is 0.577. The Labute approximate surface area is 201 Å². The van der Waals surface area contributed by atoms with Crippen molar-refractivity contribution in [3.05, 3.63) is 42.2 Å². The van der Waals surface area contributed by atoms with Crippen LogP contribution in [0.4, 0.5) is 16.3 Å². The zero-order chi connectivity index (χ0) is 23.5. The molecular weight excluding hydrogens is 430 g/mol. The van der Waals surface area contributed by atoms with Crippen molar-refractivity contribution in [2.75, 3.05) is 42.6 Å². The van der Waals surface area contributed by atoms with Gasteiger partial charge in [-0.25, -0.2) is 14.8 Å². The van der Waals surface area contributed by atoms with Gasteiger partial charge in [-0.2, -0.15) is 0 Å². The molecule has 0 atom stereocenters. The quantitative estimate of drug-likeness (QED) is 0.635. The molecule has 1 saturated carbocycles. The maximum Gasteiger partial charge on any atom is 0.325 e. The van der Waals surface area contributed by atoms with Crippen molar-refractivity contribution in [1.29, 1.82) is 0 Å². The largest absolute Gasteiger partial charge is 0.475 e. The van der Waals surface area contributed by atoms with E-state index in [0.717, 1.165) is 69.1 Å². The Morgan fingerprint density at radius 1 is 1.03 bits per heavy atom. The molecule has 0 N–H and O–H groups in total. The standard InChI is InChI=1S/C26H35N5O3/c1-20(2)34-24-9-6-21(16-28-24)18-31-25(32)30(19-26(31)10-4-3-5-11-26)22-7-8-23(27-17-22)29-12-14-33-15-13-29/h6-9,16-17,20H,3-5,10-15,18-19H2,1-2H3. The molecule has 2 aromatic heterocycles. The number of carbonyl (C=O) groups is 1. The number of hydrogen-bond acceptors (Lipinski definition) is 6. The van der Waals surface area contributed by atoms with Gasteiger partial charge in [0.2, 0.25) is 5.88 Å². The summed E-state index contributed by atoms with van der Waals surface area (Å²) < 4.78 is 11.1. The van der Waals surface area contributed by atoms with Crippen LogP contribution >= 0.6 is 0 Å². The van der Waals surface area contributed by atoms with Gasteiger partial charge >= 0.3 is 6.03 Å². The molecule has 5 rings (SSSR count). The van der Waals surface area contributed by atoms with Crippen LogP contribution in [0.2, 0.25) is 0 Å². The minimum Gasteiger partial charge on any atom is -0.475 e. The highest BCUT2D eigenvalue weighted by Crippen LogP contribution is 2.42. The van der Waals surface area contributed by atoms with E-state index in [1.165, 1.54) is 6.42 Å². The average molecular weight is 466 g/mol.